The number of ether oxygens (including phenoxy) is 1. The van der Waals surface area contributed by atoms with Crippen LogP contribution in [0.25, 0.3) is 21.9 Å². The summed E-state index contributed by atoms with van der Waals surface area (Å²) in [7, 11) is 0. The normalized spacial score (nSPS) is 21.0. The van der Waals surface area contributed by atoms with Gasteiger partial charge in [-0.1, -0.05) is 19.1 Å². The molecule has 3 heterocycles. The van der Waals surface area contributed by atoms with Crippen molar-refractivity contribution in [1.29, 1.82) is 0 Å². The van der Waals surface area contributed by atoms with Gasteiger partial charge in [0.05, 0.1) is 28.0 Å². The second-order valence-corrected chi connectivity index (χ2v) is 11.1. The molecule has 0 unspecified atom stereocenters. The van der Waals surface area contributed by atoms with Crippen LogP contribution in [0, 0.1) is 11.3 Å². The number of anilines is 2. The van der Waals surface area contributed by atoms with Gasteiger partial charge in [0.15, 0.2) is 5.79 Å². The van der Waals surface area contributed by atoms with E-state index in [9.17, 15) is 5.11 Å². The molecule has 1 fully saturated rings. The van der Waals surface area contributed by atoms with E-state index in [2.05, 4.69) is 60.6 Å². The Bertz CT molecular complexity index is 1400. The first-order chi connectivity index (χ1) is 16.6. The predicted molar refractivity (Wildman–Crippen MR) is 142 cm³/mol. The summed E-state index contributed by atoms with van der Waals surface area (Å²) in [6, 6.07) is 10.3. The van der Waals surface area contributed by atoms with Gasteiger partial charge in [0.2, 0.25) is 0 Å². The molecule has 0 aliphatic heterocycles. The number of hydrogen-bond acceptors (Lipinski definition) is 7. The summed E-state index contributed by atoms with van der Waals surface area (Å²) in [6.07, 6.45) is 6.10. The average Bonchev–Trinajstić information content (AvgIpc) is 3.27. The quantitative estimate of drug-likeness (QED) is 0.278. The fraction of sp³-hybridized carbons (Fsp3) is 0.423. The number of hydrogen-bond donors (Lipinski definition) is 3. The summed E-state index contributed by atoms with van der Waals surface area (Å²) in [6.45, 7) is 6.20. The molecule has 1 aliphatic carbocycles. The molecule has 0 saturated heterocycles. The third kappa shape index (κ3) is 4.72. The molecule has 1 aromatic carbocycles. The summed E-state index contributed by atoms with van der Waals surface area (Å²) in [5.41, 5.74) is 14.9. The van der Waals surface area contributed by atoms with Crippen LogP contribution in [-0.2, 0) is 17.7 Å². The van der Waals surface area contributed by atoms with Crippen LogP contribution in [0.2, 0.25) is 0 Å². The Morgan fingerprint density at radius 3 is 2.71 bits per heavy atom. The number of aryl methyl sites for hydroxylation is 1. The second-order valence-electron chi connectivity index (χ2n) is 10.2. The molecule has 0 radical (unpaired) electrons. The molecule has 3 aromatic heterocycles. The summed E-state index contributed by atoms with van der Waals surface area (Å²) in [5, 5.41) is 12.5. The van der Waals surface area contributed by atoms with Crippen molar-refractivity contribution in [3.63, 3.8) is 0 Å². The summed E-state index contributed by atoms with van der Waals surface area (Å²) < 4.78 is 9.16. The Balaban J connectivity index is 1.41. The monoisotopic (exact) mass is 538 g/mol. The van der Waals surface area contributed by atoms with Crippen molar-refractivity contribution in [3.05, 3.63) is 52.9 Å². The summed E-state index contributed by atoms with van der Waals surface area (Å²) in [5.74, 6) is 0.167. The van der Waals surface area contributed by atoms with E-state index in [1.54, 1.807) is 13.8 Å². The topological polar surface area (TPSA) is 125 Å². The van der Waals surface area contributed by atoms with Crippen molar-refractivity contribution in [2.24, 2.45) is 11.3 Å². The van der Waals surface area contributed by atoms with E-state index in [0.29, 0.717) is 24.1 Å². The lowest BCUT2D eigenvalue weighted by Gasteiger charge is -2.34. The molecular weight excluding hydrogens is 508 g/mol. The lowest BCUT2D eigenvalue weighted by atomic mass is 9.88. The van der Waals surface area contributed by atoms with Crippen molar-refractivity contribution in [3.8, 4) is 0 Å². The second kappa shape index (κ2) is 8.72. The molecule has 0 bridgehead atoms. The minimum absolute atomic E-state index is 0.0592. The van der Waals surface area contributed by atoms with Crippen molar-refractivity contribution >= 4 is 49.5 Å². The SMILES string of the molecule is C[C@H]1C[C@@]1(CCc1ccc2cc(Br)c(N)nc2c1)[C@H](Cn1ccc2c(N)ncnc21)OC(C)(C)O. The average molecular weight is 539 g/mol. The fourth-order valence-corrected chi connectivity index (χ4v) is 5.57. The van der Waals surface area contributed by atoms with E-state index in [1.165, 1.54) is 11.9 Å². The standard InChI is InChI=1S/C26H31BrN6O2/c1-15-12-26(15,8-6-16-4-5-17-11-19(27)23(29)32-20(17)10-16)21(35-25(2,3)34)13-33-9-7-18-22(28)30-14-31-24(18)33/h4-5,7,9-11,14-15,21,34H,6,8,12-13H2,1-3H3,(H2,29,32)(H2,28,30,31)/t15-,21-,26+/m0/s1. The first-order valence-electron chi connectivity index (χ1n) is 11.9. The highest BCUT2D eigenvalue weighted by atomic mass is 79.9. The van der Waals surface area contributed by atoms with E-state index in [-0.39, 0.29) is 11.5 Å². The van der Waals surface area contributed by atoms with Crippen molar-refractivity contribution < 1.29 is 9.84 Å². The van der Waals surface area contributed by atoms with Crippen molar-refractivity contribution in [2.75, 3.05) is 11.5 Å². The zero-order chi connectivity index (χ0) is 25.0. The minimum atomic E-state index is -1.26. The zero-order valence-corrected chi connectivity index (χ0v) is 21.8. The predicted octanol–water partition coefficient (Wildman–Crippen LogP) is 4.68. The highest BCUT2D eigenvalue weighted by molar-refractivity contribution is 9.10. The number of pyridine rings is 1. The maximum atomic E-state index is 10.6. The van der Waals surface area contributed by atoms with Gasteiger partial charge in [-0.05, 0) is 78.7 Å². The van der Waals surface area contributed by atoms with Gasteiger partial charge >= 0.3 is 0 Å². The van der Waals surface area contributed by atoms with Crippen LogP contribution < -0.4 is 11.5 Å². The van der Waals surface area contributed by atoms with E-state index < -0.39 is 5.79 Å². The molecule has 1 aliphatic rings. The molecule has 35 heavy (non-hydrogen) atoms. The molecule has 4 aromatic rings. The number of halogens is 1. The van der Waals surface area contributed by atoms with Crippen LogP contribution in [0.3, 0.4) is 0 Å². The number of nitrogens with zero attached hydrogens (tertiary/aromatic N) is 4. The number of aromatic nitrogens is 4. The molecule has 9 heteroatoms. The Kier molecular flexibility index (Phi) is 5.97. The molecule has 8 nitrogen and oxygen atoms in total. The van der Waals surface area contributed by atoms with Gasteiger partial charge in [-0.25, -0.2) is 15.0 Å². The highest BCUT2D eigenvalue weighted by Crippen LogP contribution is 2.59. The fourth-order valence-electron chi connectivity index (χ4n) is 5.24. The maximum Gasteiger partial charge on any atom is 0.160 e. The van der Waals surface area contributed by atoms with Crippen LogP contribution in [0.15, 0.2) is 47.3 Å². The number of fused-ring (bicyclic) bond motifs is 2. The number of benzene rings is 1. The number of aliphatic hydroxyl groups is 1. The summed E-state index contributed by atoms with van der Waals surface area (Å²) >= 11 is 3.45. The van der Waals surface area contributed by atoms with E-state index in [0.717, 1.165) is 45.7 Å². The van der Waals surface area contributed by atoms with Gasteiger partial charge in [0, 0.05) is 17.0 Å². The number of nitrogens with two attached hydrogens (primary N) is 2. The molecule has 0 spiro atoms. The highest BCUT2D eigenvalue weighted by Gasteiger charge is 2.57. The Morgan fingerprint density at radius 2 is 2.00 bits per heavy atom. The van der Waals surface area contributed by atoms with E-state index in [4.69, 9.17) is 16.2 Å². The molecule has 5 rings (SSSR count). The van der Waals surface area contributed by atoms with Crippen LogP contribution in [0.5, 0.6) is 0 Å². The number of nitrogen functional groups attached to an aromatic ring is 2. The minimum Gasteiger partial charge on any atom is -0.383 e. The Morgan fingerprint density at radius 1 is 1.23 bits per heavy atom. The smallest absolute Gasteiger partial charge is 0.160 e. The first kappa shape index (κ1) is 24.0. The van der Waals surface area contributed by atoms with Crippen molar-refractivity contribution in [1.82, 2.24) is 19.5 Å². The van der Waals surface area contributed by atoms with Gasteiger partial charge in [-0.2, -0.15) is 0 Å². The van der Waals surface area contributed by atoms with Crippen LogP contribution in [0.4, 0.5) is 11.6 Å². The Hall–Kier alpha value is -2.75. The molecule has 5 N–H and O–H groups in total. The van der Waals surface area contributed by atoms with E-state index >= 15 is 0 Å². The van der Waals surface area contributed by atoms with Crippen molar-refractivity contribution in [2.45, 2.75) is 58.5 Å². The van der Waals surface area contributed by atoms with Crippen LogP contribution in [0.1, 0.15) is 39.2 Å². The van der Waals surface area contributed by atoms with Gasteiger partial charge in [-0.15, -0.1) is 0 Å². The molecule has 3 atom stereocenters. The third-order valence-electron chi connectivity index (χ3n) is 7.27. The maximum absolute atomic E-state index is 10.6. The van der Waals surface area contributed by atoms with E-state index in [1.807, 2.05) is 18.3 Å². The molecule has 1 saturated carbocycles. The molecular formula is C26H31BrN6O2. The third-order valence-corrected chi connectivity index (χ3v) is 7.91. The number of rotatable bonds is 8. The van der Waals surface area contributed by atoms with Gasteiger partial charge < -0.3 is 25.9 Å². The van der Waals surface area contributed by atoms with Gasteiger partial charge in [0.1, 0.15) is 23.6 Å². The Labute approximate surface area is 212 Å². The summed E-state index contributed by atoms with van der Waals surface area (Å²) in [4.78, 5) is 13.1. The van der Waals surface area contributed by atoms with Crippen LogP contribution >= 0.6 is 15.9 Å². The first-order valence-corrected chi connectivity index (χ1v) is 12.7. The van der Waals surface area contributed by atoms with Gasteiger partial charge in [0.25, 0.3) is 0 Å². The molecule has 184 valence electrons. The lowest BCUT2D eigenvalue weighted by Crippen LogP contribution is -2.39. The van der Waals surface area contributed by atoms with Gasteiger partial charge in [-0.3, -0.25) is 0 Å². The molecule has 0 amide bonds. The zero-order valence-electron chi connectivity index (χ0n) is 20.2. The lowest BCUT2D eigenvalue weighted by molar-refractivity contribution is -0.225. The van der Waals surface area contributed by atoms with Crippen LogP contribution in [-0.4, -0.2) is 36.5 Å². The largest absolute Gasteiger partial charge is 0.383 e.